The average Bonchev–Trinajstić information content (AvgIpc) is 2.45. The Kier molecular flexibility index (Phi) is 4.22. The molecule has 24 heavy (non-hydrogen) atoms. The highest BCUT2D eigenvalue weighted by Gasteiger charge is 2.39. The molecule has 5 heteroatoms. The van der Waals surface area contributed by atoms with Gasteiger partial charge in [0.1, 0.15) is 23.3 Å². The van der Waals surface area contributed by atoms with E-state index in [-0.39, 0.29) is 22.9 Å². The van der Waals surface area contributed by atoms with Gasteiger partial charge in [0.05, 0.1) is 6.20 Å². The van der Waals surface area contributed by atoms with Crippen LogP contribution in [0.1, 0.15) is 40.5 Å². The molecule has 1 aromatic heterocycles. The zero-order valence-corrected chi connectivity index (χ0v) is 14.7. The zero-order chi connectivity index (χ0) is 17.4. The first-order chi connectivity index (χ1) is 11.3. The number of hydrogen-bond acceptors (Lipinski definition) is 5. The molecule has 0 amide bonds. The van der Waals surface area contributed by atoms with Crippen molar-refractivity contribution in [1.29, 1.82) is 0 Å². The summed E-state index contributed by atoms with van der Waals surface area (Å²) in [6.07, 6.45) is 3.50. The molecule has 1 saturated heterocycles. The summed E-state index contributed by atoms with van der Waals surface area (Å²) in [6, 6.07) is 8.93. The molecule has 0 bridgehead atoms. The van der Waals surface area contributed by atoms with Crippen molar-refractivity contribution in [2.24, 2.45) is 0 Å². The molecule has 0 atom stereocenters. The van der Waals surface area contributed by atoms with Crippen LogP contribution >= 0.6 is 0 Å². The lowest BCUT2D eigenvalue weighted by molar-refractivity contribution is 0.0559. The molecule has 1 aliphatic rings. The Bertz CT molecular complexity index is 712. The van der Waals surface area contributed by atoms with Crippen LogP contribution in [0.3, 0.4) is 0 Å². The molecular formula is C19H25N3O2. The summed E-state index contributed by atoms with van der Waals surface area (Å²) in [5, 5.41) is 21.9. The van der Waals surface area contributed by atoms with E-state index in [9.17, 15) is 5.11 Å². The number of para-hydroxylation sites is 1. The predicted molar refractivity (Wildman–Crippen MR) is 94.1 cm³/mol. The number of ether oxygens (including phenoxy) is 1. The number of phenolic OH excluding ortho intramolecular Hbond substituents is 1. The maximum atomic E-state index is 10.1. The second-order valence-electron chi connectivity index (χ2n) is 7.80. The van der Waals surface area contributed by atoms with Gasteiger partial charge in [-0.25, -0.2) is 0 Å². The fourth-order valence-corrected chi connectivity index (χ4v) is 3.77. The number of hydrogen-bond donors (Lipinski definition) is 2. The van der Waals surface area contributed by atoms with Crippen molar-refractivity contribution in [3.63, 3.8) is 0 Å². The molecule has 2 aromatic rings. The maximum Gasteiger partial charge on any atom is 0.149 e. The monoisotopic (exact) mass is 327 g/mol. The molecule has 1 aliphatic heterocycles. The predicted octanol–water partition coefficient (Wildman–Crippen LogP) is 3.54. The summed E-state index contributed by atoms with van der Waals surface area (Å²) < 4.78 is 6.31. The maximum absolute atomic E-state index is 10.1. The molecule has 128 valence electrons. The van der Waals surface area contributed by atoms with E-state index in [1.54, 1.807) is 18.3 Å². The number of phenols is 1. The quantitative estimate of drug-likeness (QED) is 0.902. The van der Waals surface area contributed by atoms with E-state index in [0.717, 1.165) is 12.8 Å². The number of aromatic nitrogens is 2. The summed E-state index contributed by atoms with van der Waals surface area (Å²) >= 11 is 0. The second kappa shape index (κ2) is 6.06. The van der Waals surface area contributed by atoms with Crippen LogP contribution in [-0.4, -0.2) is 32.5 Å². The van der Waals surface area contributed by atoms with E-state index in [1.807, 2.05) is 18.2 Å². The minimum Gasteiger partial charge on any atom is -0.507 e. The molecule has 1 aromatic carbocycles. The van der Waals surface area contributed by atoms with Crippen LogP contribution in [-0.2, 0) is 0 Å². The molecule has 0 radical (unpaired) electrons. The normalized spacial score (nSPS) is 19.8. The number of nitrogens with one attached hydrogen (secondary N) is 1. The number of aromatic hydroxyl groups is 1. The van der Waals surface area contributed by atoms with Gasteiger partial charge >= 0.3 is 0 Å². The Morgan fingerprint density at radius 3 is 2.42 bits per heavy atom. The van der Waals surface area contributed by atoms with Crippen molar-refractivity contribution in [2.75, 3.05) is 0 Å². The third-order valence-corrected chi connectivity index (χ3v) is 4.29. The third-order valence-electron chi connectivity index (χ3n) is 4.29. The highest BCUT2D eigenvalue weighted by Crippen LogP contribution is 2.36. The Labute approximate surface area is 143 Å². The van der Waals surface area contributed by atoms with Crippen molar-refractivity contribution in [3.8, 4) is 22.8 Å². The van der Waals surface area contributed by atoms with Crippen LogP contribution < -0.4 is 10.1 Å². The second-order valence-corrected chi connectivity index (χ2v) is 7.80. The van der Waals surface area contributed by atoms with Crippen LogP contribution in [0.25, 0.3) is 11.3 Å². The zero-order valence-electron chi connectivity index (χ0n) is 14.7. The van der Waals surface area contributed by atoms with E-state index in [0.29, 0.717) is 17.0 Å². The highest BCUT2D eigenvalue weighted by atomic mass is 16.5. The van der Waals surface area contributed by atoms with Crippen LogP contribution in [0.15, 0.2) is 36.5 Å². The van der Waals surface area contributed by atoms with Crippen molar-refractivity contribution < 1.29 is 9.84 Å². The first kappa shape index (κ1) is 16.7. The van der Waals surface area contributed by atoms with E-state index in [4.69, 9.17) is 4.74 Å². The molecule has 0 spiro atoms. The highest BCUT2D eigenvalue weighted by molar-refractivity contribution is 5.71. The van der Waals surface area contributed by atoms with Crippen LogP contribution in [0.5, 0.6) is 11.5 Å². The van der Waals surface area contributed by atoms with Gasteiger partial charge in [0.2, 0.25) is 0 Å². The lowest BCUT2D eigenvalue weighted by Gasteiger charge is -2.46. The average molecular weight is 327 g/mol. The molecular weight excluding hydrogens is 302 g/mol. The lowest BCUT2D eigenvalue weighted by Crippen LogP contribution is -2.60. The van der Waals surface area contributed by atoms with Crippen molar-refractivity contribution >= 4 is 0 Å². The lowest BCUT2D eigenvalue weighted by atomic mass is 9.81. The minimum absolute atomic E-state index is 0.00191. The van der Waals surface area contributed by atoms with Crippen LogP contribution in [0.2, 0.25) is 0 Å². The third kappa shape index (κ3) is 3.67. The van der Waals surface area contributed by atoms with E-state index in [2.05, 4.69) is 43.2 Å². The van der Waals surface area contributed by atoms with Gasteiger partial charge in [-0.2, -0.15) is 5.10 Å². The first-order valence-electron chi connectivity index (χ1n) is 8.32. The van der Waals surface area contributed by atoms with Gasteiger partial charge in [0.25, 0.3) is 0 Å². The number of rotatable bonds is 3. The molecule has 2 heterocycles. The van der Waals surface area contributed by atoms with Gasteiger partial charge in [0, 0.05) is 35.5 Å². The van der Waals surface area contributed by atoms with E-state index >= 15 is 0 Å². The van der Waals surface area contributed by atoms with Gasteiger partial charge in [-0.1, -0.05) is 12.1 Å². The topological polar surface area (TPSA) is 67.3 Å². The Morgan fingerprint density at radius 2 is 1.75 bits per heavy atom. The summed E-state index contributed by atoms with van der Waals surface area (Å²) in [7, 11) is 0. The summed E-state index contributed by atoms with van der Waals surface area (Å²) in [6.45, 7) is 8.77. The molecule has 0 unspecified atom stereocenters. The SMILES string of the molecule is CC1(C)CC(Oc2ccnnc2-c2ccccc2O)CC(C)(C)N1. The van der Waals surface area contributed by atoms with Gasteiger partial charge in [-0.05, 0) is 39.8 Å². The van der Waals surface area contributed by atoms with Gasteiger partial charge in [-0.3, -0.25) is 0 Å². The van der Waals surface area contributed by atoms with Gasteiger partial charge in [-0.15, -0.1) is 5.10 Å². The summed E-state index contributed by atoms with van der Waals surface area (Å²) in [5.41, 5.74) is 1.21. The Hall–Kier alpha value is -2.14. The van der Waals surface area contributed by atoms with Crippen molar-refractivity contribution in [3.05, 3.63) is 36.5 Å². The molecule has 2 N–H and O–H groups in total. The Balaban J connectivity index is 1.90. The smallest absolute Gasteiger partial charge is 0.149 e. The first-order valence-corrected chi connectivity index (χ1v) is 8.32. The molecule has 1 fully saturated rings. The molecule has 5 nitrogen and oxygen atoms in total. The Morgan fingerprint density at radius 1 is 1.08 bits per heavy atom. The fraction of sp³-hybridized carbons (Fsp3) is 0.474. The number of benzene rings is 1. The fourth-order valence-electron chi connectivity index (χ4n) is 3.77. The minimum atomic E-state index is 0.00191. The van der Waals surface area contributed by atoms with Crippen molar-refractivity contribution in [1.82, 2.24) is 15.5 Å². The molecule has 3 rings (SSSR count). The molecule has 0 saturated carbocycles. The standard InChI is InChI=1S/C19H25N3O2/c1-18(2)11-13(12-19(3,4)22-18)24-16-9-10-20-21-17(16)14-7-5-6-8-15(14)23/h5-10,13,22-23H,11-12H2,1-4H3. The van der Waals surface area contributed by atoms with E-state index in [1.165, 1.54) is 0 Å². The molecule has 0 aliphatic carbocycles. The summed E-state index contributed by atoms with van der Waals surface area (Å²) in [5.74, 6) is 0.832. The van der Waals surface area contributed by atoms with Gasteiger partial charge in [0.15, 0.2) is 0 Å². The number of nitrogens with zero attached hydrogens (tertiary/aromatic N) is 2. The largest absolute Gasteiger partial charge is 0.507 e. The number of piperidine rings is 1. The van der Waals surface area contributed by atoms with E-state index < -0.39 is 0 Å². The van der Waals surface area contributed by atoms with Crippen molar-refractivity contribution in [2.45, 2.75) is 57.7 Å². The van der Waals surface area contributed by atoms with Crippen LogP contribution in [0, 0.1) is 0 Å². The van der Waals surface area contributed by atoms with Gasteiger partial charge < -0.3 is 15.2 Å². The summed E-state index contributed by atoms with van der Waals surface area (Å²) in [4.78, 5) is 0. The van der Waals surface area contributed by atoms with Crippen LogP contribution in [0.4, 0.5) is 0 Å².